The van der Waals surface area contributed by atoms with Gasteiger partial charge in [-0.25, -0.2) is 5.48 Å². The predicted octanol–water partition coefficient (Wildman–Crippen LogP) is 2.72. The van der Waals surface area contributed by atoms with Crippen LogP contribution in [0.4, 0.5) is 0 Å². The van der Waals surface area contributed by atoms with Crippen LogP contribution in [-0.2, 0) is 27.3 Å². The summed E-state index contributed by atoms with van der Waals surface area (Å²) in [4.78, 5) is 23.5. The van der Waals surface area contributed by atoms with Gasteiger partial charge in [0.25, 0.3) is 0 Å². The molecular weight excluding hydrogens is 332 g/mol. The van der Waals surface area contributed by atoms with Crippen LogP contribution in [0, 0.1) is 5.92 Å². The number of hydroxylamine groups is 1. The van der Waals surface area contributed by atoms with Gasteiger partial charge >= 0.3 is 5.97 Å². The van der Waals surface area contributed by atoms with Crippen LogP contribution in [0.1, 0.15) is 57.1 Å². The van der Waals surface area contributed by atoms with E-state index in [0.717, 1.165) is 36.8 Å². The van der Waals surface area contributed by atoms with Gasteiger partial charge in [0.05, 0.1) is 0 Å². The minimum absolute atomic E-state index is 0.0842. The number of nitrogens with one attached hydrogen (secondary N) is 2. The third-order valence-electron chi connectivity index (χ3n) is 4.82. The second-order valence-electron chi connectivity index (χ2n) is 7.30. The fraction of sp³-hybridized carbons (Fsp3) is 0.600. The van der Waals surface area contributed by atoms with Crippen LogP contribution in [0.5, 0.6) is 0 Å². The van der Waals surface area contributed by atoms with E-state index in [9.17, 15) is 9.59 Å². The highest BCUT2D eigenvalue weighted by Crippen LogP contribution is 2.22. The van der Waals surface area contributed by atoms with E-state index >= 15 is 0 Å². The van der Waals surface area contributed by atoms with Crippen molar-refractivity contribution in [3.63, 3.8) is 0 Å². The molecule has 1 atom stereocenters. The molecule has 1 aliphatic carbocycles. The molecule has 0 bridgehead atoms. The Labute approximate surface area is 155 Å². The number of amides is 1. The SMILES string of the molecule is CC(C)[C@H](NCc1ccc(CCC(=O)NO)cc1)C(=O)OC1CCCC1. The van der Waals surface area contributed by atoms with Crippen molar-refractivity contribution in [1.29, 1.82) is 0 Å². The molecule has 6 heteroatoms. The molecule has 144 valence electrons. The van der Waals surface area contributed by atoms with Gasteiger partial charge in [0, 0.05) is 13.0 Å². The number of esters is 1. The number of rotatable bonds is 9. The first-order valence-electron chi connectivity index (χ1n) is 9.44. The third kappa shape index (κ3) is 6.42. The van der Waals surface area contributed by atoms with Crippen molar-refractivity contribution in [3.8, 4) is 0 Å². The van der Waals surface area contributed by atoms with Crippen molar-refractivity contribution in [1.82, 2.24) is 10.8 Å². The number of ether oxygens (including phenoxy) is 1. The first-order chi connectivity index (χ1) is 12.5. The zero-order valence-corrected chi connectivity index (χ0v) is 15.7. The summed E-state index contributed by atoms with van der Waals surface area (Å²) in [7, 11) is 0. The van der Waals surface area contributed by atoms with Gasteiger partial charge in [0.15, 0.2) is 0 Å². The minimum atomic E-state index is -0.392. The number of hydrogen-bond acceptors (Lipinski definition) is 5. The number of aryl methyl sites for hydroxylation is 1. The number of hydrogen-bond donors (Lipinski definition) is 3. The summed E-state index contributed by atoms with van der Waals surface area (Å²) in [6.45, 7) is 4.62. The maximum atomic E-state index is 12.5. The molecule has 0 heterocycles. The van der Waals surface area contributed by atoms with Crippen molar-refractivity contribution >= 4 is 11.9 Å². The van der Waals surface area contributed by atoms with E-state index in [4.69, 9.17) is 9.94 Å². The van der Waals surface area contributed by atoms with Crippen LogP contribution in [0.25, 0.3) is 0 Å². The summed E-state index contributed by atoms with van der Waals surface area (Å²) >= 11 is 0. The molecule has 1 fully saturated rings. The number of benzene rings is 1. The van der Waals surface area contributed by atoms with Crippen LogP contribution < -0.4 is 10.8 Å². The fourth-order valence-electron chi connectivity index (χ4n) is 3.20. The van der Waals surface area contributed by atoms with E-state index in [1.807, 2.05) is 38.1 Å². The standard InChI is InChI=1S/C20H30N2O4/c1-14(2)19(20(24)26-17-5-3-4-6-17)21-13-16-9-7-15(8-10-16)11-12-18(23)22-25/h7-10,14,17,19,21,25H,3-6,11-13H2,1-2H3,(H,22,23)/t19-/m0/s1. The number of carbonyl (C=O) groups excluding carboxylic acids is 2. The molecular formula is C20H30N2O4. The van der Waals surface area contributed by atoms with Gasteiger partial charge in [0.2, 0.25) is 5.91 Å². The highest BCUT2D eigenvalue weighted by molar-refractivity contribution is 5.76. The summed E-state index contributed by atoms with van der Waals surface area (Å²) < 4.78 is 5.65. The van der Waals surface area contributed by atoms with E-state index in [1.54, 1.807) is 5.48 Å². The van der Waals surface area contributed by atoms with E-state index in [2.05, 4.69) is 5.32 Å². The van der Waals surface area contributed by atoms with Crippen molar-refractivity contribution in [2.45, 2.75) is 71.1 Å². The second kappa shape index (κ2) is 10.3. The molecule has 0 aromatic heterocycles. The maximum Gasteiger partial charge on any atom is 0.323 e. The summed E-state index contributed by atoms with van der Waals surface area (Å²) in [5.41, 5.74) is 3.73. The molecule has 1 aliphatic rings. The van der Waals surface area contributed by atoms with Crippen molar-refractivity contribution < 1.29 is 19.5 Å². The molecule has 6 nitrogen and oxygen atoms in total. The van der Waals surface area contributed by atoms with E-state index in [0.29, 0.717) is 13.0 Å². The molecule has 26 heavy (non-hydrogen) atoms. The fourth-order valence-corrected chi connectivity index (χ4v) is 3.20. The molecule has 1 amide bonds. The lowest BCUT2D eigenvalue weighted by molar-refractivity contribution is -0.152. The monoisotopic (exact) mass is 362 g/mol. The second-order valence-corrected chi connectivity index (χ2v) is 7.30. The Hall–Kier alpha value is -1.92. The summed E-state index contributed by atoms with van der Waals surface area (Å²) in [5.74, 6) is -0.394. The molecule has 0 unspecified atom stereocenters. The molecule has 1 aromatic carbocycles. The summed E-state index contributed by atoms with van der Waals surface area (Å²) in [5, 5.41) is 11.8. The van der Waals surface area contributed by atoms with Crippen LogP contribution in [0.15, 0.2) is 24.3 Å². The Morgan fingerprint density at radius 1 is 1.15 bits per heavy atom. The van der Waals surface area contributed by atoms with Gasteiger partial charge in [-0.2, -0.15) is 0 Å². The topological polar surface area (TPSA) is 87.7 Å². The van der Waals surface area contributed by atoms with Crippen molar-refractivity contribution in [2.24, 2.45) is 5.92 Å². The molecule has 3 N–H and O–H groups in total. The average Bonchev–Trinajstić information content (AvgIpc) is 3.13. The Bertz CT molecular complexity index is 580. The summed E-state index contributed by atoms with van der Waals surface area (Å²) in [6.07, 6.45) is 5.15. The Morgan fingerprint density at radius 2 is 1.77 bits per heavy atom. The zero-order valence-electron chi connectivity index (χ0n) is 15.7. The van der Waals surface area contributed by atoms with E-state index in [-0.39, 0.29) is 30.5 Å². The maximum absolute atomic E-state index is 12.5. The Kier molecular flexibility index (Phi) is 8.06. The van der Waals surface area contributed by atoms with Crippen LogP contribution in [-0.4, -0.2) is 29.2 Å². The number of carbonyl (C=O) groups is 2. The van der Waals surface area contributed by atoms with Crippen molar-refractivity contribution in [2.75, 3.05) is 0 Å². The first kappa shape index (κ1) is 20.4. The average molecular weight is 362 g/mol. The van der Waals surface area contributed by atoms with Crippen LogP contribution in [0.3, 0.4) is 0 Å². The van der Waals surface area contributed by atoms with Crippen LogP contribution in [0.2, 0.25) is 0 Å². The minimum Gasteiger partial charge on any atom is -0.461 e. The van der Waals surface area contributed by atoms with Gasteiger partial charge < -0.3 is 10.1 Å². The van der Waals surface area contributed by atoms with E-state index in [1.165, 1.54) is 0 Å². The quantitative estimate of drug-likeness (QED) is 0.357. The molecule has 1 aromatic rings. The zero-order chi connectivity index (χ0) is 18.9. The van der Waals surface area contributed by atoms with E-state index < -0.39 is 5.91 Å². The van der Waals surface area contributed by atoms with Gasteiger partial charge in [-0.1, -0.05) is 38.1 Å². The third-order valence-corrected chi connectivity index (χ3v) is 4.82. The lowest BCUT2D eigenvalue weighted by Crippen LogP contribution is -2.42. The first-order valence-corrected chi connectivity index (χ1v) is 9.44. The van der Waals surface area contributed by atoms with Crippen molar-refractivity contribution in [3.05, 3.63) is 35.4 Å². The largest absolute Gasteiger partial charge is 0.461 e. The van der Waals surface area contributed by atoms with Crippen LogP contribution >= 0.6 is 0 Å². The normalized spacial score (nSPS) is 15.8. The smallest absolute Gasteiger partial charge is 0.323 e. The molecule has 0 spiro atoms. The Balaban J connectivity index is 1.83. The highest BCUT2D eigenvalue weighted by Gasteiger charge is 2.27. The van der Waals surface area contributed by atoms with Gasteiger partial charge in [-0.3, -0.25) is 14.8 Å². The molecule has 1 saturated carbocycles. The summed E-state index contributed by atoms with van der Waals surface area (Å²) in [6, 6.07) is 7.58. The predicted molar refractivity (Wildman–Crippen MR) is 98.5 cm³/mol. The Morgan fingerprint density at radius 3 is 2.35 bits per heavy atom. The van der Waals surface area contributed by atoms with Gasteiger partial charge in [-0.05, 0) is 49.1 Å². The molecule has 0 aliphatic heterocycles. The molecule has 0 radical (unpaired) electrons. The highest BCUT2D eigenvalue weighted by atomic mass is 16.5. The van der Waals surface area contributed by atoms with Gasteiger partial charge in [-0.15, -0.1) is 0 Å². The lowest BCUT2D eigenvalue weighted by Gasteiger charge is -2.23. The molecule has 0 saturated heterocycles. The lowest BCUT2D eigenvalue weighted by atomic mass is 10.0. The van der Waals surface area contributed by atoms with Gasteiger partial charge in [0.1, 0.15) is 12.1 Å². The molecule has 2 rings (SSSR count).